The molecule has 4 nitrogen and oxygen atoms in total. The van der Waals surface area contributed by atoms with E-state index in [1.54, 1.807) is 19.1 Å². The van der Waals surface area contributed by atoms with Gasteiger partial charge in [-0.3, -0.25) is 4.98 Å². The van der Waals surface area contributed by atoms with Crippen molar-refractivity contribution in [3.8, 4) is 6.07 Å². The molecule has 1 N–H and O–H groups in total. The van der Waals surface area contributed by atoms with Crippen LogP contribution in [0, 0.1) is 31.0 Å². The third-order valence-electron chi connectivity index (χ3n) is 4.11. The van der Waals surface area contributed by atoms with Crippen LogP contribution in [0.3, 0.4) is 0 Å². The van der Waals surface area contributed by atoms with E-state index in [-0.39, 0.29) is 5.82 Å². The molecule has 0 unspecified atom stereocenters. The lowest BCUT2D eigenvalue weighted by Gasteiger charge is -2.19. The van der Waals surface area contributed by atoms with E-state index in [0.717, 1.165) is 31.6 Å². The van der Waals surface area contributed by atoms with Gasteiger partial charge in [0.2, 0.25) is 0 Å². The molecule has 3 rings (SSSR count). The fourth-order valence-electron chi connectivity index (χ4n) is 3.02. The number of rotatable bonds is 3. The highest BCUT2D eigenvalue weighted by Crippen LogP contribution is 2.29. The van der Waals surface area contributed by atoms with E-state index in [1.807, 2.05) is 13.0 Å². The van der Waals surface area contributed by atoms with Gasteiger partial charge in [-0.2, -0.15) is 5.26 Å². The molecule has 0 bridgehead atoms. The molecule has 1 aromatic heterocycles. The third kappa shape index (κ3) is 3.11. The van der Waals surface area contributed by atoms with Gasteiger partial charge in [-0.05, 0) is 51.0 Å². The van der Waals surface area contributed by atoms with E-state index in [4.69, 9.17) is 0 Å². The molecule has 23 heavy (non-hydrogen) atoms. The largest absolute Gasteiger partial charge is 0.369 e. The number of nitriles is 1. The second-order valence-electron chi connectivity index (χ2n) is 5.87. The number of pyridine rings is 1. The van der Waals surface area contributed by atoms with Crippen molar-refractivity contribution in [1.29, 1.82) is 5.26 Å². The summed E-state index contributed by atoms with van der Waals surface area (Å²) in [6.07, 6.45) is 2.22. The van der Waals surface area contributed by atoms with E-state index in [9.17, 15) is 9.65 Å². The van der Waals surface area contributed by atoms with Crippen LogP contribution in [0.5, 0.6) is 0 Å². The topological polar surface area (TPSA) is 52.0 Å². The van der Waals surface area contributed by atoms with E-state index in [2.05, 4.69) is 21.3 Å². The number of benzene rings is 1. The van der Waals surface area contributed by atoms with Crippen molar-refractivity contribution in [3.63, 3.8) is 0 Å². The molecule has 1 aliphatic heterocycles. The summed E-state index contributed by atoms with van der Waals surface area (Å²) in [7, 11) is 0. The molecule has 0 saturated carbocycles. The van der Waals surface area contributed by atoms with Crippen molar-refractivity contribution in [3.05, 3.63) is 47.0 Å². The Balaban J connectivity index is 1.89. The molecule has 2 heterocycles. The Morgan fingerprint density at radius 1 is 1.22 bits per heavy atom. The van der Waals surface area contributed by atoms with E-state index < -0.39 is 0 Å². The zero-order chi connectivity index (χ0) is 16.4. The highest BCUT2D eigenvalue weighted by Gasteiger charge is 2.16. The van der Waals surface area contributed by atoms with Gasteiger partial charge in [0.1, 0.15) is 11.9 Å². The summed E-state index contributed by atoms with van der Waals surface area (Å²) in [5.41, 5.74) is 3.91. The molecule has 1 aromatic carbocycles. The third-order valence-corrected chi connectivity index (χ3v) is 4.11. The number of nitrogens with zero attached hydrogens (tertiary/aromatic N) is 3. The number of anilines is 3. The Morgan fingerprint density at radius 2 is 1.96 bits per heavy atom. The maximum atomic E-state index is 14.4. The summed E-state index contributed by atoms with van der Waals surface area (Å²) >= 11 is 0. The average molecular weight is 310 g/mol. The molecule has 118 valence electrons. The van der Waals surface area contributed by atoms with E-state index >= 15 is 0 Å². The van der Waals surface area contributed by atoms with Gasteiger partial charge in [-0.1, -0.05) is 0 Å². The predicted molar refractivity (Wildman–Crippen MR) is 89.6 cm³/mol. The Bertz CT molecular complexity index is 773. The second kappa shape index (κ2) is 6.25. The van der Waals surface area contributed by atoms with Crippen LogP contribution in [0.4, 0.5) is 21.5 Å². The summed E-state index contributed by atoms with van der Waals surface area (Å²) in [4.78, 5) is 6.36. The van der Waals surface area contributed by atoms with Crippen molar-refractivity contribution in [1.82, 2.24) is 4.98 Å². The maximum absolute atomic E-state index is 14.4. The van der Waals surface area contributed by atoms with Crippen LogP contribution < -0.4 is 10.2 Å². The molecule has 1 saturated heterocycles. The molecule has 0 radical (unpaired) electrons. The molecular weight excluding hydrogens is 291 g/mol. The first kappa shape index (κ1) is 15.3. The number of hydrogen-bond acceptors (Lipinski definition) is 4. The molecule has 0 spiro atoms. The highest BCUT2D eigenvalue weighted by molar-refractivity contribution is 5.69. The van der Waals surface area contributed by atoms with Gasteiger partial charge in [0.15, 0.2) is 0 Å². The van der Waals surface area contributed by atoms with E-state index in [0.29, 0.717) is 28.3 Å². The number of halogens is 1. The quantitative estimate of drug-likeness (QED) is 0.929. The zero-order valence-corrected chi connectivity index (χ0v) is 13.4. The lowest BCUT2D eigenvalue weighted by atomic mass is 10.1. The lowest BCUT2D eigenvalue weighted by Crippen LogP contribution is -2.18. The zero-order valence-electron chi connectivity index (χ0n) is 13.4. The number of nitrogens with one attached hydrogen (secondary N) is 1. The highest BCUT2D eigenvalue weighted by atomic mass is 19.1. The molecule has 0 aliphatic carbocycles. The number of aryl methyl sites for hydroxylation is 2. The Kier molecular flexibility index (Phi) is 4.16. The van der Waals surface area contributed by atoms with Gasteiger partial charge < -0.3 is 10.2 Å². The van der Waals surface area contributed by atoms with Crippen LogP contribution >= 0.6 is 0 Å². The molecular formula is C18H19FN4. The van der Waals surface area contributed by atoms with Crippen LogP contribution in [0.1, 0.15) is 29.8 Å². The van der Waals surface area contributed by atoms with Gasteiger partial charge in [0.05, 0.1) is 22.6 Å². The van der Waals surface area contributed by atoms with Crippen LogP contribution in [0.15, 0.2) is 24.3 Å². The fraction of sp³-hybridized carbons (Fsp3) is 0.333. The molecule has 0 amide bonds. The summed E-state index contributed by atoms with van der Waals surface area (Å²) in [5.74, 6) is -0.238. The fourth-order valence-corrected chi connectivity index (χ4v) is 3.02. The number of hydrogen-bond donors (Lipinski definition) is 1. The van der Waals surface area contributed by atoms with Crippen LogP contribution in [0.25, 0.3) is 0 Å². The summed E-state index contributed by atoms with van der Waals surface area (Å²) in [6.45, 7) is 5.49. The van der Waals surface area contributed by atoms with Crippen LogP contribution in [-0.2, 0) is 0 Å². The van der Waals surface area contributed by atoms with Crippen molar-refractivity contribution in [2.24, 2.45) is 0 Å². The Morgan fingerprint density at radius 3 is 2.61 bits per heavy atom. The second-order valence-corrected chi connectivity index (χ2v) is 5.87. The van der Waals surface area contributed by atoms with Crippen LogP contribution in [0.2, 0.25) is 0 Å². The summed E-state index contributed by atoms with van der Waals surface area (Å²) in [6, 6.07) is 9.10. The maximum Gasteiger partial charge on any atom is 0.148 e. The summed E-state index contributed by atoms with van der Waals surface area (Å²) in [5, 5.41) is 12.4. The molecule has 1 fully saturated rings. The predicted octanol–water partition coefficient (Wildman–Crippen LogP) is 4.05. The molecule has 2 aromatic rings. The molecule has 1 aliphatic rings. The minimum absolute atomic E-state index is 0.238. The van der Waals surface area contributed by atoms with Crippen molar-refractivity contribution in [2.75, 3.05) is 23.3 Å². The summed E-state index contributed by atoms with van der Waals surface area (Å²) < 4.78 is 14.4. The van der Waals surface area contributed by atoms with Crippen LogP contribution in [-0.4, -0.2) is 18.1 Å². The SMILES string of the molecule is Cc1cc(Nc2ccc(N3CCCC3)c(F)c2)c(C#N)c(C)n1. The minimum atomic E-state index is -0.238. The first-order valence-electron chi connectivity index (χ1n) is 7.78. The van der Waals surface area contributed by atoms with Crippen molar-refractivity contribution >= 4 is 17.1 Å². The average Bonchev–Trinajstić information content (AvgIpc) is 3.01. The molecule has 0 atom stereocenters. The van der Waals surface area contributed by atoms with Gasteiger partial charge >= 0.3 is 0 Å². The number of aromatic nitrogens is 1. The lowest BCUT2D eigenvalue weighted by molar-refractivity contribution is 0.623. The first-order chi connectivity index (χ1) is 11.1. The van der Waals surface area contributed by atoms with E-state index in [1.165, 1.54) is 6.07 Å². The Hall–Kier alpha value is -2.61. The Labute approximate surface area is 135 Å². The van der Waals surface area contributed by atoms with Crippen molar-refractivity contribution in [2.45, 2.75) is 26.7 Å². The normalized spacial score (nSPS) is 13.9. The molecule has 5 heteroatoms. The van der Waals surface area contributed by atoms with Gasteiger partial charge in [-0.25, -0.2) is 4.39 Å². The monoisotopic (exact) mass is 310 g/mol. The smallest absolute Gasteiger partial charge is 0.148 e. The minimum Gasteiger partial charge on any atom is -0.369 e. The van der Waals surface area contributed by atoms with Gasteiger partial charge in [0.25, 0.3) is 0 Å². The van der Waals surface area contributed by atoms with Gasteiger partial charge in [-0.15, -0.1) is 0 Å². The standard InChI is InChI=1S/C18H19FN4/c1-12-9-17(15(11-20)13(2)21-12)22-14-5-6-18(16(19)10-14)23-7-3-4-8-23/h5-6,9-10H,3-4,7-8H2,1-2H3,(H,21,22). The first-order valence-corrected chi connectivity index (χ1v) is 7.78. The van der Waals surface area contributed by atoms with Crippen molar-refractivity contribution < 1.29 is 4.39 Å². The van der Waals surface area contributed by atoms with Gasteiger partial charge in [0, 0.05) is 24.5 Å².